The monoisotopic (exact) mass is 480 g/mol. The number of halogens is 5. The number of fused-ring (bicyclic) bond motifs is 1. The Bertz CT molecular complexity index is 1200. The second kappa shape index (κ2) is 7.35. The van der Waals surface area contributed by atoms with Crippen LogP contribution in [-0.4, -0.2) is 14.5 Å². The quantitative estimate of drug-likeness (QED) is 0.349. The summed E-state index contributed by atoms with van der Waals surface area (Å²) in [5.74, 6) is 0.344. The van der Waals surface area contributed by atoms with Gasteiger partial charge in [0.25, 0.3) is 0 Å². The molecule has 0 unspecified atom stereocenters. The zero-order chi connectivity index (χ0) is 20.8. The standard InChI is InChI=1S/C20H13BrClF3N4/c1-29-15-7-4-12(22)10-14(15)17(18(29)20(23,24)25)19-26-9-8-16(28-19)27-13-5-2-11(21)3-6-13/h2-10H,1H3,(H,26,27,28). The highest BCUT2D eigenvalue weighted by Gasteiger charge is 2.39. The molecule has 0 radical (unpaired) electrons. The fourth-order valence-corrected chi connectivity index (χ4v) is 3.64. The van der Waals surface area contributed by atoms with Gasteiger partial charge in [-0.05, 0) is 48.5 Å². The van der Waals surface area contributed by atoms with Crippen LogP contribution in [0, 0.1) is 0 Å². The van der Waals surface area contributed by atoms with Crippen LogP contribution in [0.4, 0.5) is 24.7 Å². The Hall–Kier alpha value is -2.58. The molecule has 0 saturated heterocycles. The summed E-state index contributed by atoms with van der Waals surface area (Å²) < 4.78 is 43.7. The molecule has 2 aromatic carbocycles. The van der Waals surface area contributed by atoms with Crippen molar-refractivity contribution in [2.45, 2.75) is 6.18 Å². The third kappa shape index (κ3) is 3.82. The second-order valence-corrected chi connectivity index (χ2v) is 7.69. The Morgan fingerprint density at radius 3 is 2.48 bits per heavy atom. The fraction of sp³-hybridized carbons (Fsp3) is 0.100. The summed E-state index contributed by atoms with van der Waals surface area (Å²) in [5.41, 5.74) is 0.217. The van der Waals surface area contributed by atoms with Gasteiger partial charge in [-0.3, -0.25) is 0 Å². The lowest BCUT2D eigenvalue weighted by Gasteiger charge is -2.12. The first-order chi connectivity index (χ1) is 13.7. The van der Waals surface area contributed by atoms with Gasteiger partial charge in [-0.15, -0.1) is 0 Å². The van der Waals surface area contributed by atoms with E-state index in [0.717, 1.165) is 14.7 Å². The minimum absolute atomic E-state index is 0.0349. The molecule has 0 aliphatic carbocycles. The minimum Gasteiger partial charge on any atom is -0.340 e. The Morgan fingerprint density at radius 1 is 1.07 bits per heavy atom. The van der Waals surface area contributed by atoms with Crippen LogP contribution in [0.1, 0.15) is 5.69 Å². The highest BCUT2D eigenvalue weighted by Crippen LogP contribution is 2.42. The molecular weight excluding hydrogens is 469 g/mol. The zero-order valence-electron chi connectivity index (χ0n) is 14.9. The molecule has 0 aliphatic rings. The van der Waals surface area contributed by atoms with E-state index in [0.29, 0.717) is 21.7 Å². The number of nitrogens with one attached hydrogen (secondary N) is 1. The number of aryl methyl sites for hydroxylation is 1. The first-order valence-electron chi connectivity index (χ1n) is 8.45. The highest BCUT2D eigenvalue weighted by atomic mass is 79.9. The van der Waals surface area contributed by atoms with Crippen molar-refractivity contribution in [3.05, 3.63) is 69.9 Å². The van der Waals surface area contributed by atoms with E-state index in [1.807, 2.05) is 24.3 Å². The fourth-order valence-electron chi connectivity index (χ4n) is 3.20. The summed E-state index contributed by atoms with van der Waals surface area (Å²) in [6.07, 6.45) is -3.17. The number of rotatable bonds is 3. The molecule has 29 heavy (non-hydrogen) atoms. The van der Waals surface area contributed by atoms with E-state index in [1.165, 1.54) is 19.3 Å². The smallest absolute Gasteiger partial charge is 0.340 e. The van der Waals surface area contributed by atoms with Crippen molar-refractivity contribution in [2.24, 2.45) is 7.05 Å². The van der Waals surface area contributed by atoms with Crippen LogP contribution in [0.2, 0.25) is 5.02 Å². The molecule has 0 fully saturated rings. The Morgan fingerprint density at radius 2 is 1.79 bits per heavy atom. The minimum atomic E-state index is -4.59. The van der Waals surface area contributed by atoms with Crippen LogP contribution >= 0.6 is 27.5 Å². The van der Waals surface area contributed by atoms with Crippen molar-refractivity contribution < 1.29 is 13.2 Å². The number of nitrogens with zero attached hydrogens (tertiary/aromatic N) is 3. The van der Waals surface area contributed by atoms with E-state index in [1.54, 1.807) is 18.2 Å². The maximum absolute atomic E-state index is 13.9. The van der Waals surface area contributed by atoms with Crippen molar-refractivity contribution in [2.75, 3.05) is 5.32 Å². The normalized spacial score (nSPS) is 11.8. The molecular formula is C20H13BrClF3N4. The van der Waals surface area contributed by atoms with Gasteiger partial charge >= 0.3 is 6.18 Å². The van der Waals surface area contributed by atoms with Crippen molar-refractivity contribution in [1.29, 1.82) is 0 Å². The first kappa shape index (κ1) is 19.7. The largest absolute Gasteiger partial charge is 0.432 e. The van der Waals surface area contributed by atoms with Crippen LogP contribution in [0.15, 0.2) is 59.2 Å². The molecule has 2 heterocycles. The average molecular weight is 482 g/mol. The molecule has 0 amide bonds. The van der Waals surface area contributed by atoms with E-state index in [-0.39, 0.29) is 11.4 Å². The summed E-state index contributed by atoms with van der Waals surface area (Å²) in [6, 6.07) is 13.5. The van der Waals surface area contributed by atoms with Crippen LogP contribution in [0.3, 0.4) is 0 Å². The van der Waals surface area contributed by atoms with E-state index < -0.39 is 11.9 Å². The number of hydrogen-bond donors (Lipinski definition) is 1. The Kier molecular flexibility index (Phi) is 5.00. The second-order valence-electron chi connectivity index (χ2n) is 6.34. The maximum Gasteiger partial charge on any atom is 0.432 e. The van der Waals surface area contributed by atoms with Crippen LogP contribution in [-0.2, 0) is 13.2 Å². The molecule has 0 spiro atoms. The summed E-state index contributed by atoms with van der Waals surface area (Å²) in [5, 5.41) is 3.76. The van der Waals surface area contributed by atoms with Gasteiger partial charge in [-0.25, -0.2) is 9.97 Å². The van der Waals surface area contributed by atoms with Gasteiger partial charge in [0.2, 0.25) is 0 Å². The van der Waals surface area contributed by atoms with E-state index in [9.17, 15) is 13.2 Å². The highest BCUT2D eigenvalue weighted by molar-refractivity contribution is 9.10. The van der Waals surface area contributed by atoms with Crippen molar-refractivity contribution in [3.8, 4) is 11.4 Å². The summed E-state index contributed by atoms with van der Waals surface area (Å²) >= 11 is 9.42. The van der Waals surface area contributed by atoms with Crippen LogP contribution in [0.5, 0.6) is 0 Å². The van der Waals surface area contributed by atoms with E-state index >= 15 is 0 Å². The molecule has 1 N–H and O–H groups in total. The Labute approximate surface area is 177 Å². The summed E-state index contributed by atoms with van der Waals surface area (Å²) in [7, 11) is 1.37. The lowest BCUT2D eigenvalue weighted by atomic mass is 10.1. The van der Waals surface area contributed by atoms with Gasteiger partial charge in [0.1, 0.15) is 11.5 Å². The SMILES string of the molecule is Cn1c(C(F)(F)F)c(-c2nccc(Nc3ccc(Br)cc3)n2)c2cc(Cl)ccc21. The predicted octanol–water partition coefficient (Wildman–Crippen LogP) is 6.81. The molecule has 0 saturated carbocycles. The molecule has 4 aromatic rings. The summed E-state index contributed by atoms with van der Waals surface area (Å²) in [4.78, 5) is 8.46. The molecule has 9 heteroatoms. The molecule has 4 rings (SSSR count). The molecule has 0 atom stereocenters. The number of aromatic nitrogens is 3. The van der Waals surface area contributed by atoms with Crippen molar-refractivity contribution in [3.63, 3.8) is 0 Å². The topological polar surface area (TPSA) is 42.7 Å². The zero-order valence-corrected chi connectivity index (χ0v) is 17.3. The number of benzene rings is 2. The molecule has 2 aromatic heterocycles. The van der Waals surface area contributed by atoms with Gasteiger partial charge in [-0.2, -0.15) is 13.2 Å². The maximum atomic E-state index is 13.9. The van der Waals surface area contributed by atoms with Crippen molar-refractivity contribution in [1.82, 2.24) is 14.5 Å². The van der Waals surface area contributed by atoms with Gasteiger partial charge in [0.05, 0.1) is 5.56 Å². The van der Waals surface area contributed by atoms with E-state index in [2.05, 4.69) is 31.2 Å². The molecule has 0 bridgehead atoms. The van der Waals surface area contributed by atoms with Gasteiger partial charge in [0, 0.05) is 39.3 Å². The molecule has 0 aliphatic heterocycles. The van der Waals surface area contributed by atoms with E-state index in [4.69, 9.17) is 11.6 Å². The van der Waals surface area contributed by atoms with Gasteiger partial charge in [-0.1, -0.05) is 27.5 Å². The average Bonchev–Trinajstić information content (AvgIpc) is 2.96. The lowest BCUT2D eigenvalue weighted by Crippen LogP contribution is -2.13. The van der Waals surface area contributed by atoms with Crippen LogP contribution in [0.25, 0.3) is 22.3 Å². The van der Waals surface area contributed by atoms with Crippen molar-refractivity contribution >= 4 is 49.9 Å². The molecule has 4 nitrogen and oxygen atoms in total. The number of hydrogen-bond acceptors (Lipinski definition) is 3. The lowest BCUT2D eigenvalue weighted by molar-refractivity contribution is -0.142. The van der Waals surface area contributed by atoms with Gasteiger partial charge < -0.3 is 9.88 Å². The predicted molar refractivity (Wildman–Crippen MR) is 111 cm³/mol. The third-order valence-electron chi connectivity index (χ3n) is 4.43. The number of alkyl halides is 3. The number of anilines is 2. The molecule has 148 valence electrons. The van der Waals surface area contributed by atoms with Crippen LogP contribution < -0.4 is 5.32 Å². The summed E-state index contributed by atoms with van der Waals surface area (Å²) in [6.45, 7) is 0. The van der Waals surface area contributed by atoms with Gasteiger partial charge in [0.15, 0.2) is 5.82 Å². The first-order valence-corrected chi connectivity index (χ1v) is 9.62. The Balaban J connectivity index is 1.88. The third-order valence-corrected chi connectivity index (χ3v) is 5.19.